The van der Waals surface area contributed by atoms with Gasteiger partial charge < -0.3 is 4.74 Å². The van der Waals surface area contributed by atoms with E-state index in [0.29, 0.717) is 17.7 Å². The summed E-state index contributed by atoms with van der Waals surface area (Å²) < 4.78 is 44.6. The van der Waals surface area contributed by atoms with E-state index in [0.717, 1.165) is 14.7 Å². The predicted octanol–water partition coefficient (Wildman–Crippen LogP) is 5.21. The molecule has 1 aromatic carbocycles. The molecule has 2 heterocycles. The zero-order chi connectivity index (χ0) is 13.6. The molecule has 2 aromatic rings. The van der Waals surface area contributed by atoms with Crippen LogP contribution in [0.3, 0.4) is 0 Å². The molecule has 0 N–H and O–H groups in total. The van der Waals surface area contributed by atoms with E-state index in [-0.39, 0.29) is 6.10 Å². The van der Waals surface area contributed by atoms with Crippen LogP contribution < -0.4 is 4.74 Å². The lowest BCUT2D eigenvalue weighted by Gasteiger charge is -2.08. The number of benzene rings is 1. The van der Waals surface area contributed by atoms with Crippen molar-refractivity contribution >= 4 is 27.3 Å². The van der Waals surface area contributed by atoms with E-state index in [9.17, 15) is 13.2 Å². The van der Waals surface area contributed by atoms with Crippen molar-refractivity contribution in [3.8, 4) is 5.75 Å². The zero-order valence-electron chi connectivity index (χ0n) is 9.50. The first-order valence-corrected chi connectivity index (χ1v) is 7.16. The molecule has 1 aliphatic rings. The summed E-state index contributed by atoms with van der Waals surface area (Å²) in [5, 5.41) is 0. The third-order valence-electron chi connectivity index (χ3n) is 2.97. The smallest absolute Gasteiger partial charge is 0.416 e. The molecule has 0 saturated carbocycles. The van der Waals surface area contributed by atoms with Crippen LogP contribution >= 0.6 is 27.3 Å². The van der Waals surface area contributed by atoms with Gasteiger partial charge in [0.1, 0.15) is 11.9 Å². The Balaban J connectivity index is 1.88. The van der Waals surface area contributed by atoms with E-state index in [1.54, 1.807) is 0 Å². The zero-order valence-corrected chi connectivity index (χ0v) is 11.9. The van der Waals surface area contributed by atoms with Crippen LogP contribution in [-0.4, -0.2) is 0 Å². The van der Waals surface area contributed by atoms with Gasteiger partial charge in [0.05, 0.1) is 9.35 Å². The van der Waals surface area contributed by atoms with Crippen molar-refractivity contribution in [1.29, 1.82) is 0 Å². The first-order chi connectivity index (χ1) is 8.93. The first kappa shape index (κ1) is 13.0. The normalized spacial score (nSPS) is 18.2. The van der Waals surface area contributed by atoms with Gasteiger partial charge in [0.25, 0.3) is 0 Å². The molecule has 0 amide bonds. The number of thiophene rings is 1. The second kappa shape index (κ2) is 4.52. The highest BCUT2D eigenvalue weighted by molar-refractivity contribution is 9.11. The Morgan fingerprint density at radius 1 is 1.21 bits per heavy atom. The largest absolute Gasteiger partial charge is 0.484 e. The molecule has 0 bridgehead atoms. The summed E-state index contributed by atoms with van der Waals surface area (Å²) in [6.45, 7) is 0. The van der Waals surface area contributed by atoms with Crippen molar-refractivity contribution in [1.82, 2.24) is 0 Å². The Morgan fingerprint density at radius 2 is 2.00 bits per heavy atom. The summed E-state index contributed by atoms with van der Waals surface area (Å²) >= 11 is 4.90. The minimum atomic E-state index is -4.31. The molecule has 0 aliphatic carbocycles. The van der Waals surface area contributed by atoms with E-state index in [1.165, 1.54) is 23.5 Å². The molecule has 1 nitrogen and oxygen atoms in total. The fourth-order valence-electron chi connectivity index (χ4n) is 2.08. The third-order valence-corrected chi connectivity index (χ3v) is 4.69. The van der Waals surface area contributed by atoms with Crippen LogP contribution in [0.4, 0.5) is 13.2 Å². The van der Waals surface area contributed by atoms with Gasteiger partial charge in [-0.05, 0) is 51.8 Å². The Bertz CT molecular complexity index is 621. The third kappa shape index (κ3) is 2.51. The lowest BCUT2D eigenvalue weighted by molar-refractivity contribution is -0.137. The number of alkyl halides is 3. The van der Waals surface area contributed by atoms with Gasteiger partial charge in [-0.3, -0.25) is 0 Å². The summed E-state index contributed by atoms with van der Waals surface area (Å²) in [6.07, 6.45) is -4.01. The van der Waals surface area contributed by atoms with Gasteiger partial charge in [0, 0.05) is 11.3 Å². The topological polar surface area (TPSA) is 9.23 Å². The fourth-order valence-corrected chi connectivity index (χ4v) is 3.54. The maximum Gasteiger partial charge on any atom is 0.416 e. The molecule has 1 atom stereocenters. The van der Waals surface area contributed by atoms with Crippen LogP contribution in [0.1, 0.15) is 22.1 Å². The van der Waals surface area contributed by atoms with Gasteiger partial charge in [-0.2, -0.15) is 13.2 Å². The quantitative estimate of drug-likeness (QED) is 0.687. The molecule has 0 fully saturated rings. The predicted molar refractivity (Wildman–Crippen MR) is 70.5 cm³/mol. The fraction of sp³-hybridized carbons (Fsp3) is 0.231. The molecule has 0 saturated heterocycles. The van der Waals surface area contributed by atoms with Crippen molar-refractivity contribution in [2.24, 2.45) is 0 Å². The number of hydrogen-bond acceptors (Lipinski definition) is 2. The number of fused-ring (bicyclic) bond motifs is 1. The Hall–Kier alpha value is -1.01. The van der Waals surface area contributed by atoms with Gasteiger partial charge in [-0.15, -0.1) is 11.3 Å². The molecule has 0 spiro atoms. The highest BCUT2D eigenvalue weighted by Gasteiger charge is 2.33. The summed E-state index contributed by atoms with van der Waals surface area (Å²) in [6, 6.07) is 7.48. The van der Waals surface area contributed by atoms with Crippen molar-refractivity contribution in [3.63, 3.8) is 0 Å². The Labute approximate surface area is 120 Å². The van der Waals surface area contributed by atoms with Crippen molar-refractivity contribution in [2.75, 3.05) is 0 Å². The monoisotopic (exact) mass is 348 g/mol. The molecule has 1 unspecified atom stereocenters. The molecule has 1 aliphatic heterocycles. The average Bonchev–Trinajstić information content (AvgIpc) is 2.92. The molecule has 6 heteroatoms. The van der Waals surface area contributed by atoms with Gasteiger partial charge in [0.2, 0.25) is 0 Å². The highest BCUT2D eigenvalue weighted by Crippen LogP contribution is 2.42. The summed E-state index contributed by atoms with van der Waals surface area (Å²) in [5.74, 6) is 0.544. The lowest BCUT2D eigenvalue weighted by atomic mass is 10.1. The van der Waals surface area contributed by atoms with Gasteiger partial charge in [0.15, 0.2) is 0 Å². The average molecular weight is 349 g/mol. The van der Waals surface area contributed by atoms with Gasteiger partial charge in [-0.1, -0.05) is 0 Å². The summed E-state index contributed by atoms with van der Waals surface area (Å²) in [5.41, 5.74) is -0.00722. The van der Waals surface area contributed by atoms with E-state index in [4.69, 9.17) is 4.74 Å². The van der Waals surface area contributed by atoms with E-state index in [1.807, 2.05) is 12.1 Å². The number of hydrogen-bond donors (Lipinski definition) is 0. The summed E-state index contributed by atoms with van der Waals surface area (Å²) in [7, 11) is 0. The maximum atomic E-state index is 12.6. The second-order valence-corrected chi connectivity index (χ2v) is 6.77. The van der Waals surface area contributed by atoms with E-state index in [2.05, 4.69) is 15.9 Å². The van der Waals surface area contributed by atoms with E-state index >= 15 is 0 Å². The highest BCUT2D eigenvalue weighted by atomic mass is 79.9. The molecule has 100 valence electrons. The van der Waals surface area contributed by atoms with Crippen LogP contribution in [0.2, 0.25) is 0 Å². The van der Waals surface area contributed by atoms with Crippen LogP contribution in [0.25, 0.3) is 0 Å². The molecule has 0 radical (unpaired) electrons. The Kier molecular flexibility index (Phi) is 3.09. The summed E-state index contributed by atoms with van der Waals surface area (Å²) in [4.78, 5) is 1.01. The van der Waals surface area contributed by atoms with E-state index < -0.39 is 11.7 Å². The van der Waals surface area contributed by atoms with Crippen molar-refractivity contribution in [3.05, 3.63) is 50.1 Å². The maximum absolute atomic E-state index is 12.6. The molecular weight excluding hydrogens is 341 g/mol. The molecular formula is C13H8BrF3OS. The SMILES string of the molecule is FC(F)(F)c1ccc2c(c1)CC(c1ccc(Br)s1)O2. The molecule has 1 aromatic heterocycles. The number of ether oxygens (including phenoxy) is 1. The van der Waals surface area contributed by atoms with Crippen LogP contribution in [0.5, 0.6) is 5.75 Å². The van der Waals surface area contributed by atoms with Crippen LogP contribution in [-0.2, 0) is 12.6 Å². The number of rotatable bonds is 1. The number of halogens is 4. The second-order valence-electron chi connectivity index (χ2n) is 4.27. The van der Waals surface area contributed by atoms with Gasteiger partial charge >= 0.3 is 6.18 Å². The van der Waals surface area contributed by atoms with Crippen molar-refractivity contribution < 1.29 is 17.9 Å². The minimum Gasteiger partial charge on any atom is -0.484 e. The van der Waals surface area contributed by atoms with Gasteiger partial charge in [-0.25, -0.2) is 0 Å². The molecule has 19 heavy (non-hydrogen) atoms. The van der Waals surface area contributed by atoms with Crippen LogP contribution in [0, 0.1) is 0 Å². The van der Waals surface area contributed by atoms with Crippen molar-refractivity contribution in [2.45, 2.75) is 18.7 Å². The lowest BCUT2D eigenvalue weighted by Crippen LogP contribution is -2.04. The van der Waals surface area contributed by atoms with Crippen LogP contribution in [0.15, 0.2) is 34.1 Å². The standard InChI is InChI=1S/C13H8BrF3OS/c14-12-4-3-11(19-12)10-6-7-5-8(13(15,16)17)1-2-9(7)18-10/h1-5,10H,6H2. The first-order valence-electron chi connectivity index (χ1n) is 5.55. The Morgan fingerprint density at radius 3 is 2.63 bits per heavy atom. The molecule has 3 rings (SSSR count). The minimum absolute atomic E-state index is 0.185.